The zero-order chi connectivity index (χ0) is 13.6. The van der Waals surface area contributed by atoms with E-state index in [9.17, 15) is 14.4 Å². The summed E-state index contributed by atoms with van der Waals surface area (Å²) in [5.74, 6) is -0.957. The lowest BCUT2D eigenvalue weighted by Crippen LogP contribution is -2.56. The number of carbonyl (C=O) groups is 3. The molecule has 2 atom stereocenters. The van der Waals surface area contributed by atoms with Crippen molar-refractivity contribution in [3.05, 3.63) is 35.4 Å². The van der Waals surface area contributed by atoms with Gasteiger partial charge < -0.3 is 5.32 Å². The quantitative estimate of drug-likeness (QED) is 0.743. The number of fused-ring (bicyclic) bond motifs is 1. The topological polar surface area (TPSA) is 66.5 Å². The summed E-state index contributed by atoms with van der Waals surface area (Å²) in [7, 11) is 0. The first-order valence-electron chi connectivity index (χ1n) is 6.32. The van der Waals surface area contributed by atoms with Crippen LogP contribution in [0.4, 0.5) is 0 Å². The van der Waals surface area contributed by atoms with E-state index in [1.165, 1.54) is 0 Å². The van der Waals surface area contributed by atoms with E-state index < -0.39 is 6.04 Å². The summed E-state index contributed by atoms with van der Waals surface area (Å²) in [5, 5.41) is 3.09. The lowest BCUT2D eigenvalue weighted by molar-refractivity contribution is -0.127. The molecule has 98 valence electrons. The smallest absolute Gasteiger partial charge is 0.262 e. The van der Waals surface area contributed by atoms with Gasteiger partial charge in [-0.15, -0.1) is 0 Å². The number of benzene rings is 1. The van der Waals surface area contributed by atoms with E-state index in [1.807, 2.05) is 0 Å². The second-order valence-corrected chi connectivity index (χ2v) is 5.00. The van der Waals surface area contributed by atoms with E-state index >= 15 is 0 Å². The first-order chi connectivity index (χ1) is 9.11. The van der Waals surface area contributed by atoms with Crippen LogP contribution in [0.25, 0.3) is 0 Å². The van der Waals surface area contributed by atoms with Crippen LogP contribution < -0.4 is 5.32 Å². The van der Waals surface area contributed by atoms with Gasteiger partial charge in [0.15, 0.2) is 5.78 Å². The van der Waals surface area contributed by atoms with Gasteiger partial charge >= 0.3 is 0 Å². The minimum atomic E-state index is -0.684. The first-order valence-corrected chi connectivity index (χ1v) is 6.32. The van der Waals surface area contributed by atoms with Gasteiger partial charge in [0.25, 0.3) is 11.8 Å². The SMILES string of the molecule is CC1CNCC(N2C(=O)c3ccccc3C2=O)C1=O. The van der Waals surface area contributed by atoms with Crippen LogP contribution in [-0.2, 0) is 4.79 Å². The van der Waals surface area contributed by atoms with Crippen LogP contribution in [0.5, 0.6) is 0 Å². The summed E-state index contributed by atoms with van der Waals surface area (Å²) in [4.78, 5) is 37.8. The fourth-order valence-corrected chi connectivity index (χ4v) is 2.68. The van der Waals surface area contributed by atoms with E-state index in [-0.39, 0.29) is 23.5 Å². The number of rotatable bonds is 1. The third-order valence-corrected chi connectivity index (χ3v) is 3.74. The van der Waals surface area contributed by atoms with E-state index in [0.717, 1.165) is 4.90 Å². The summed E-state index contributed by atoms with van der Waals surface area (Å²) in [6.45, 7) is 2.74. The zero-order valence-electron chi connectivity index (χ0n) is 10.6. The number of ketones is 1. The molecule has 1 aromatic rings. The summed E-state index contributed by atoms with van der Waals surface area (Å²) >= 11 is 0. The number of imide groups is 1. The monoisotopic (exact) mass is 258 g/mol. The van der Waals surface area contributed by atoms with Gasteiger partial charge in [0.05, 0.1) is 11.1 Å². The predicted octanol–water partition coefficient (Wildman–Crippen LogP) is 0.460. The van der Waals surface area contributed by atoms with Gasteiger partial charge in [0.2, 0.25) is 0 Å². The Morgan fingerprint density at radius 2 is 1.63 bits per heavy atom. The fourth-order valence-electron chi connectivity index (χ4n) is 2.68. The van der Waals surface area contributed by atoms with Gasteiger partial charge in [0, 0.05) is 19.0 Å². The van der Waals surface area contributed by atoms with Crippen molar-refractivity contribution < 1.29 is 14.4 Å². The maximum absolute atomic E-state index is 12.3. The molecule has 5 nitrogen and oxygen atoms in total. The Bertz CT molecular complexity index is 547. The van der Waals surface area contributed by atoms with Crippen LogP contribution in [0.1, 0.15) is 27.6 Å². The van der Waals surface area contributed by atoms with E-state index in [1.54, 1.807) is 31.2 Å². The molecule has 2 unspecified atom stereocenters. The van der Waals surface area contributed by atoms with Crippen molar-refractivity contribution in [1.29, 1.82) is 0 Å². The minimum absolute atomic E-state index is 0.0479. The highest BCUT2D eigenvalue weighted by atomic mass is 16.2. The van der Waals surface area contributed by atoms with Crippen molar-refractivity contribution in [1.82, 2.24) is 10.2 Å². The normalized spacial score (nSPS) is 26.8. The number of carbonyl (C=O) groups excluding carboxylic acids is 3. The third kappa shape index (κ3) is 1.69. The summed E-state index contributed by atoms with van der Waals surface area (Å²) in [6.07, 6.45) is 0. The van der Waals surface area contributed by atoms with Crippen molar-refractivity contribution in [2.24, 2.45) is 5.92 Å². The predicted molar refractivity (Wildman–Crippen MR) is 67.8 cm³/mol. The molecular weight excluding hydrogens is 244 g/mol. The molecule has 0 aliphatic carbocycles. The molecule has 0 spiro atoms. The molecule has 0 bridgehead atoms. The van der Waals surface area contributed by atoms with Crippen molar-refractivity contribution >= 4 is 17.6 Å². The van der Waals surface area contributed by atoms with Crippen molar-refractivity contribution in [2.75, 3.05) is 13.1 Å². The molecule has 2 amide bonds. The number of piperidine rings is 1. The number of nitrogens with zero attached hydrogens (tertiary/aromatic N) is 1. The van der Waals surface area contributed by atoms with E-state index in [4.69, 9.17) is 0 Å². The van der Waals surface area contributed by atoms with Crippen molar-refractivity contribution in [3.63, 3.8) is 0 Å². The highest BCUT2D eigenvalue weighted by Gasteiger charge is 2.44. The van der Waals surface area contributed by atoms with Gasteiger partial charge in [-0.05, 0) is 12.1 Å². The van der Waals surface area contributed by atoms with Crippen LogP contribution in [0.3, 0.4) is 0 Å². The molecule has 0 aromatic heterocycles. The molecule has 5 heteroatoms. The standard InChI is InChI=1S/C14H14N2O3/c1-8-6-15-7-11(12(8)17)16-13(18)9-4-2-3-5-10(9)14(16)19/h2-5,8,11,15H,6-7H2,1H3. The van der Waals surface area contributed by atoms with E-state index in [2.05, 4.69) is 5.32 Å². The maximum Gasteiger partial charge on any atom is 0.262 e. The van der Waals surface area contributed by atoms with Gasteiger partial charge in [-0.3, -0.25) is 19.3 Å². The molecule has 2 aliphatic heterocycles. The molecule has 0 radical (unpaired) electrons. The van der Waals surface area contributed by atoms with Crippen LogP contribution in [0.2, 0.25) is 0 Å². The molecule has 1 saturated heterocycles. The Morgan fingerprint density at radius 3 is 2.21 bits per heavy atom. The molecule has 1 aromatic carbocycles. The van der Waals surface area contributed by atoms with Crippen LogP contribution in [0.15, 0.2) is 24.3 Å². The fraction of sp³-hybridized carbons (Fsp3) is 0.357. The Kier molecular flexibility index (Phi) is 2.71. The molecule has 2 heterocycles. The molecule has 2 aliphatic rings. The number of Topliss-reactive ketones (excluding diaryl/α,β-unsaturated/α-hetero) is 1. The Morgan fingerprint density at radius 1 is 1.05 bits per heavy atom. The summed E-state index contributed by atoms with van der Waals surface area (Å²) in [5.41, 5.74) is 0.775. The van der Waals surface area contributed by atoms with Gasteiger partial charge in [-0.1, -0.05) is 19.1 Å². The van der Waals surface area contributed by atoms with Crippen molar-refractivity contribution in [3.8, 4) is 0 Å². The Labute approximate surface area is 110 Å². The van der Waals surface area contributed by atoms with E-state index in [0.29, 0.717) is 24.2 Å². The molecule has 1 N–H and O–H groups in total. The molecule has 3 rings (SSSR count). The lowest BCUT2D eigenvalue weighted by atomic mass is 9.95. The second kappa shape index (κ2) is 4.28. The first kappa shape index (κ1) is 12.0. The van der Waals surface area contributed by atoms with Crippen LogP contribution >= 0.6 is 0 Å². The largest absolute Gasteiger partial charge is 0.313 e. The van der Waals surface area contributed by atoms with Gasteiger partial charge in [-0.2, -0.15) is 0 Å². The molecular formula is C14H14N2O3. The summed E-state index contributed by atoms with van der Waals surface area (Å²) in [6, 6.07) is 6.00. The molecule has 19 heavy (non-hydrogen) atoms. The highest BCUT2D eigenvalue weighted by molar-refractivity contribution is 6.23. The average molecular weight is 258 g/mol. The number of amides is 2. The zero-order valence-corrected chi connectivity index (χ0v) is 10.6. The van der Waals surface area contributed by atoms with Gasteiger partial charge in [0.1, 0.15) is 6.04 Å². The summed E-state index contributed by atoms with van der Waals surface area (Å²) < 4.78 is 0. The second-order valence-electron chi connectivity index (χ2n) is 5.00. The van der Waals surface area contributed by atoms with Crippen molar-refractivity contribution in [2.45, 2.75) is 13.0 Å². The minimum Gasteiger partial charge on any atom is -0.313 e. The number of hydrogen-bond donors (Lipinski definition) is 1. The van der Waals surface area contributed by atoms with Crippen LogP contribution in [0, 0.1) is 5.92 Å². The molecule has 0 saturated carbocycles. The lowest BCUT2D eigenvalue weighted by Gasteiger charge is -2.31. The van der Waals surface area contributed by atoms with Gasteiger partial charge in [-0.25, -0.2) is 0 Å². The Balaban J connectivity index is 1.98. The highest BCUT2D eigenvalue weighted by Crippen LogP contribution is 2.26. The number of nitrogens with one attached hydrogen (secondary N) is 1. The molecule has 1 fully saturated rings. The Hall–Kier alpha value is -2.01. The number of hydrogen-bond acceptors (Lipinski definition) is 4. The van der Waals surface area contributed by atoms with Crippen LogP contribution in [-0.4, -0.2) is 41.6 Å². The maximum atomic E-state index is 12.3. The third-order valence-electron chi connectivity index (χ3n) is 3.74. The average Bonchev–Trinajstić information content (AvgIpc) is 2.67.